The Morgan fingerprint density at radius 2 is 1.85 bits per heavy atom. The Labute approximate surface area is 109 Å². The molecule has 3 aliphatic rings. The third kappa shape index (κ3) is 1.60. The molecule has 3 aliphatic carbocycles. The van der Waals surface area contributed by atoms with Crippen LogP contribution in [0, 0.1) is 23.2 Å². The smallest absolute Gasteiger partial charge is 0.133 e. The molecular formula is C10H17BI2. The van der Waals surface area contributed by atoms with Crippen molar-refractivity contribution >= 4 is 47.2 Å². The van der Waals surface area contributed by atoms with Crippen LogP contribution in [0.25, 0.3) is 0 Å². The zero-order valence-corrected chi connectivity index (χ0v) is 12.9. The fourth-order valence-corrected chi connectivity index (χ4v) is 5.42. The van der Waals surface area contributed by atoms with Gasteiger partial charge in [-0.2, -0.15) is 0 Å². The van der Waals surface area contributed by atoms with E-state index in [4.69, 9.17) is 0 Å². The van der Waals surface area contributed by atoms with E-state index in [1.54, 1.807) is 0 Å². The molecule has 0 aromatic carbocycles. The monoisotopic (exact) mass is 402 g/mol. The first-order chi connectivity index (χ1) is 5.94. The second kappa shape index (κ2) is 3.53. The third-order valence-electron chi connectivity index (χ3n) is 4.74. The molecule has 13 heavy (non-hydrogen) atoms. The summed E-state index contributed by atoms with van der Waals surface area (Å²) in [6, 6.07) is 0. The maximum atomic E-state index is 2.61. The van der Waals surface area contributed by atoms with Crippen LogP contribution in [0.4, 0.5) is 0 Å². The van der Waals surface area contributed by atoms with Crippen LogP contribution in [0.2, 0.25) is 5.82 Å². The van der Waals surface area contributed by atoms with Crippen molar-refractivity contribution in [1.29, 1.82) is 0 Å². The Morgan fingerprint density at radius 1 is 1.23 bits per heavy atom. The van der Waals surface area contributed by atoms with Gasteiger partial charge in [-0.05, 0) is 35.4 Å². The fraction of sp³-hybridized carbons (Fsp3) is 1.00. The summed E-state index contributed by atoms with van der Waals surface area (Å²) < 4.78 is 0.839. The molecule has 3 heteroatoms. The van der Waals surface area contributed by atoms with Gasteiger partial charge < -0.3 is 0 Å². The van der Waals surface area contributed by atoms with Gasteiger partial charge in [0.15, 0.2) is 0 Å². The van der Waals surface area contributed by atoms with E-state index in [-0.39, 0.29) is 0 Å². The standard InChI is InChI=1S/C10H17BI2/c1-6-8-4-7(10(8,2)3)5-9(6)11(12)13/h6-9H,4-5H2,1-3H3. The molecule has 0 aromatic heterocycles. The topological polar surface area (TPSA) is 0 Å². The van der Waals surface area contributed by atoms with Gasteiger partial charge in [0.2, 0.25) is 0 Å². The molecule has 3 fully saturated rings. The molecule has 4 unspecified atom stereocenters. The molecule has 0 heterocycles. The minimum absolute atomic E-state index is 0.665. The molecule has 0 spiro atoms. The van der Waals surface area contributed by atoms with E-state index in [9.17, 15) is 0 Å². The number of halogens is 2. The SMILES string of the molecule is CC1C(B(I)I)CC2CC1C2(C)C. The first-order valence-corrected chi connectivity index (χ1v) is 7.72. The average Bonchev–Trinajstić information content (AvgIpc) is 2.02. The summed E-state index contributed by atoms with van der Waals surface area (Å²) in [5.41, 5.74) is 0.665. The Morgan fingerprint density at radius 3 is 2.23 bits per heavy atom. The van der Waals surface area contributed by atoms with Crippen molar-refractivity contribution in [2.75, 3.05) is 0 Å². The molecular weight excluding hydrogens is 385 g/mol. The molecule has 0 amide bonds. The van der Waals surface area contributed by atoms with Crippen LogP contribution in [0.1, 0.15) is 33.6 Å². The minimum atomic E-state index is 0.665. The molecule has 0 saturated heterocycles. The number of hydrogen-bond acceptors (Lipinski definition) is 0. The molecule has 0 aromatic rings. The van der Waals surface area contributed by atoms with Crippen molar-refractivity contribution in [2.45, 2.75) is 39.4 Å². The van der Waals surface area contributed by atoms with E-state index < -0.39 is 0 Å². The summed E-state index contributed by atoms with van der Waals surface area (Å²) in [6.07, 6.45) is 3.01. The first kappa shape index (κ1) is 11.0. The van der Waals surface area contributed by atoms with Gasteiger partial charge in [-0.3, -0.25) is 0 Å². The minimum Gasteiger partial charge on any atom is -0.133 e. The quantitative estimate of drug-likeness (QED) is 0.451. The normalized spacial score (nSPS) is 46.8. The Kier molecular flexibility index (Phi) is 2.99. The zero-order valence-electron chi connectivity index (χ0n) is 8.56. The lowest BCUT2D eigenvalue weighted by atomic mass is 9.41. The second-order valence-electron chi connectivity index (χ2n) is 5.45. The maximum absolute atomic E-state index is 2.61. The number of hydrogen-bond donors (Lipinski definition) is 0. The Balaban J connectivity index is 2.12. The van der Waals surface area contributed by atoms with E-state index in [1.165, 1.54) is 12.8 Å². The molecule has 3 saturated carbocycles. The molecule has 0 nitrogen and oxygen atoms in total. The number of fused-ring (bicyclic) bond motifs is 2. The van der Waals surface area contributed by atoms with Crippen LogP contribution in [-0.2, 0) is 0 Å². The van der Waals surface area contributed by atoms with Gasteiger partial charge in [0.1, 0.15) is 0 Å². The lowest BCUT2D eigenvalue weighted by Gasteiger charge is -2.62. The Bertz CT molecular complexity index is 213. The summed E-state index contributed by atoms with van der Waals surface area (Å²) in [7, 11) is 0. The zero-order chi connectivity index (χ0) is 9.80. The Hall–Kier alpha value is 1.52. The lowest BCUT2D eigenvalue weighted by Crippen LogP contribution is -2.54. The van der Waals surface area contributed by atoms with Gasteiger partial charge in [0.25, 0.3) is 2.43 Å². The predicted octanol–water partition coefficient (Wildman–Crippen LogP) is 4.42. The van der Waals surface area contributed by atoms with Crippen LogP contribution >= 0.6 is 44.7 Å². The van der Waals surface area contributed by atoms with Gasteiger partial charge in [0.05, 0.1) is 0 Å². The van der Waals surface area contributed by atoms with Gasteiger partial charge >= 0.3 is 0 Å². The van der Waals surface area contributed by atoms with Gasteiger partial charge in [-0.25, -0.2) is 0 Å². The van der Waals surface area contributed by atoms with Crippen LogP contribution in [0.3, 0.4) is 0 Å². The summed E-state index contributed by atoms with van der Waals surface area (Å²) in [4.78, 5) is 0. The molecule has 3 rings (SSSR count). The first-order valence-electron chi connectivity index (χ1n) is 5.22. The van der Waals surface area contributed by atoms with E-state index in [0.717, 1.165) is 26.0 Å². The van der Waals surface area contributed by atoms with Crippen LogP contribution < -0.4 is 0 Å². The summed E-state index contributed by atoms with van der Waals surface area (Å²) in [6.45, 7) is 7.44. The van der Waals surface area contributed by atoms with Gasteiger partial charge in [-0.15, -0.1) is 44.7 Å². The third-order valence-corrected chi connectivity index (χ3v) is 6.58. The van der Waals surface area contributed by atoms with Crippen LogP contribution in [0.15, 0.2) is 0 Å². The van der Waals surface area contributed by atoms with Crippen molar-refractivity contribution in [3.05, 3.63) is 0 Å². The van der Waals surface area contributed by atoms with E-state index in [1.807, 2.05) is 0 Å². The largest absolute Gasteiger partial charge is 0.292 e. The van der Waals surface area contributed by atoms with E-state index >= 15 is 0 Å². The van der Waals surface area contributed by atoms with Crippen LogP contribution in [0.5, 0.6) is 0 Å². The highest BCUT2D eigenvalue weighted by Gasteiger charge is 2.57. The molecule has 0 radical (unpaired) electrons. The van der Waals surface area contributed by atoms with Crippen molar-refractivity contribution in [2.24, 2.45) is 23.2 Å². The second-order valence-corrected chi connectivity index (χ2v) is 10.5. The molecule has 0 N–H and O–H groups in total. The number of rotatable bonds is 1. The highest BCUT2D eigenvalue weighted by molar-refractivity contribution is 14.3. The summed E-state index contributed by atoms with van der Waals surface area (Å²) in [5.74, 6) is 3.99. The lowest BCUT2D eigenvalue weighted by molar-refractivity contribution is -0.0981. The predicted molar refractivity (Wildman–Crippen MR) is 76.7 cm³/mol. The molecule has 0 aliphatic heterocycles. The van der Waals surface area contributed by atoms with Crippen molar-refractivity contribution in [3.8, 4) is 0 Å². The van der Waals surface area contributed by atoms with E-state index in [0.29, 0.717) is 5.41 Å². The highest BCUT2D eigenvalue weighted by Crippen LogP contribution is 2.65. The highest BCUT2D eigenvalue weighted by atomic mass is 127. The van der Waals surface area contributed by atoms with Crippen molar-refractivity contribution < 1.29 is 0 Å². The van der Waals surface area contributed by atoms with Crippen LogP contribution in [-0.4, -0.2) is 2.43 Å². The molecule has 2 bridgehead atoms. The van der Waals surface area contributed by atoms with Crippen molar-refractivity contribution in [3.63, 3.8) is 0 Å². The molecule has 74 valence electrons. The van der Waals surface area contributed by atoms with Crippen molar-refractivity contribution in [1.82, 2.24) is 0 Å². The summed E-state index contributed by atoms with van der Waals surface area (Å²) >= 11 is 5.21. The fourth-order valence-electron chi connectivity index (χ4n) is 3.52. The maximum Gasteiger partial charge on any atom is 0.292 e. The van der Waals surface area contributed by atoms with Gasteiger partial charge in [0, 0.05) is 0 Å². The average molecular weight is 402 g/mol. The summed E-state index contributed by atoms with van der Waals surface area (Å²) in [5, 5.41) is 0. The molecule has 4 atom stereocenters. The van der Waals surface area contributed by atoms with Gasteiger partial charge in [-0.1, -0.05) is 27.2 Å². The van der Waals surface area contributed by atoms with E-state index in [2.05, 4.69) is 65.5 Å².